The maximum Gasteiger partial charge on any atom is 0.344 e. The Labute approximate surface area is 202 Å². The average molecular weight is 487 g/mol. The van der Waals surface area contributed by atoms with Gasteiger partial charge in [-0.1, -0.05) is 41.9 Å². The fraction of sp³-hybridized carbons (Fsp3) is 0.481. The van der Waals surface area contributed by atoms with E-state index >= 15 is 0 Å². The van der Waals surface area contributed by atoms with Gasteiger partial charge < -0.3 is 10.1 Å². The van der Waals surface area contributed by atoms with E-state index in [4.69, 9.17) is 16.3 Å². The van der Waals surface area contributed by atoms with Crippen LogP contribution in [0.15, 0.2) is 42.5 Å². The van der Waals surface area contributed by atoms with Gasteiger partial charge in [-0.25, -0.2) is 4.79 Å². The number of amides is 1. The second kappa shape index (κ2) is 10.2. The van der Waals surface area contributed by atoms with Crippen molar-refractivity contribution in [3.8, 4) is 0 Å². The summed E-state index contributed by atoms with van der Waals surface area (Å²) in [4.78, 5) is 26.9. The lowest BCUT2D eigenvalue weighted by atomic mass is 10.1. The van der Waals surface area contributed by atoms with Crippen LogP contribution < -0.4 is 5.32 Å². The number of aryl methyl sites for hydroxylation is 2. The molecule has 33 heavy (non-hydrogen) atoms. The molecule has 2 aromatic rings. The van der Waals surface area contributed by atoms with Gasteiger partial charge in [0, 0.05) is 30.8 Å². The van der Waals surface area contributed by atoms with Crippen LogP contribution in [-0.2, 0) is 20.9 Å². The second-order valence-electron chi connectivity index (χ2n) is 9.71. The van der Waals surface area contributed by atoms with Crippen molar-refractivity contribution < 1.29 is 14.3 Å². The molecule has 2 fully saturated rings. The molecule has 1 heterocycles. The van der Waals surface area contributed by atoms with E-state index in [1.165, 1.54) is 12.8 Å². The maximum absolute atomic E-state index is 13.8. The largest absolute Gasteiger partial charge is 0.458 e. The zero-order valence-electron chi connectivity index (χ0n) is 19.7. The quantitative estimate of drug-likeness (QED) is 0.347. The van der Waals surface area contributed by atoms with E-state index in [1.54, 1.807) is 0 Å². The minimum atomic E-state index is -1.85. The summed E-state index contributed by atoms with van der Waals surface area (Å²) in [5.74, 6) is -0.0471. The Morgan fingerprint density at radius 3 is 2.18 bits per heavy atom. The fourth-order valence-electron chi connectivity index (χ4n) is 5.44. The number of carbonyl (C=O) groups excluding carboxylic acids is 2. The highest BCUT2D eigenvalue weighted by Gasteiger charge is 2.70. The van der Waals surface area contributed by atoms with E-state index in [1.807, 2.05) is 56.3 Å². The number of hydrogen-bond donors (Lipinski definition) is 1. The van der Waals surface area contributed by atoms with Crippen molar-refractivity contribution in [3.05, 3.63) is 64.2 Å². The van der Waals surface area contributed by atoms with Gasteiger partial charge in [-0.2, -0.15) is 0 Å². The highest BCUT2D eigenvalue weighted by molar-refractivity contribution is 7.79. The van der Waals surface area contributed by atoms with Gasteiger partial charge in [0.15, 0.2) is 11.3 Å². The molecule has 4 nitrogen and oxygen atoms in total. The minimum absolute atomic E-state index is 0.0992. The summed E-state index contributed by atoms with van der Waals surface area (Å²) < 4.78 is 5.71. The predicted molar refractivity (Wildman–Crippen MR) is 138 cm³/mol. The summed E-state index contributed by atoms with van der Waals surface area (Å²) in [5.41, 5.74) is 3.79. The summed E-state index contributed by atoms with van der Waals surface area (Å²) in [7, 11) is -1.85. The van der Waals surface area contributed by atoms with Crippen LogP contribution in [0.2, 0.25) is 5.02 Å². The van der Waals surface area contributed by atoms with Gasteiger partial charge >= 0.3 is 5.97 Å². The van der Waals surface area contributed by atoms with E-state index in [-0.39, 0.29) is 17.0 Å². The minimum Gasteiger partial charge on any atom is -0.458 e. The molecule has 176 valence electrons. The average Bonchev–Trinajstić information content (AvgIpc) is 3.61. The van der Waals surface area contributed by atoms with Crippen LogP contribution in [0.4, 0.5) is 5.69 Å². The van der Waals surface area contributed by atoms with Crippen molar-refractivity contribution in [1.29, 1.82) is 0 Å². The molecule has 1 saturated heterocycles. The van der Waals surface area contributed by atoms with Crippen LogP contribution in [0.25, 0.3) is 0 Å². The molecule has 0 radical (unpaired) electrons. The number of benzene rings is 2. The van der Waals surface area contributed by atoms with Crippen molar-refractivity contribution in [1.82, 2.24) is 0 Å². The van der Waals surface area contributed by atoms with Gasteiger partial charge in [-0.15, -0.1) is 0 Å². The summed E-state index contributed by atoms with van der Waals surface area (Å²) in [5, 5.41) is 3.55. The van der Waals surface area contributed by atoms with E-state index in [0.717, 1.165) is 60.4 Å². The molecule has 1 N–H and O–H groups in total. The second-order valence-corrected chi connectivity index (χ2v) is 14.5. The standard InChI is InChI=1S/C27H33ClNO3P/c1-20-16-23(28)17-21(2)25(20)29-26(31)27(12-13-27)33(14-8-3-4-9-15-33)19-24(30)32-18-22-10-6-5-7-11-22/h5-7,10-11,16-17H,3-4,8-9,12-15,18-19H2,1-2H3/p+1. The van der Waals surface area contributed by atoms with Crippen LogP contribution in [0.5, 0.6) is 0 Å². The lowest BCUT2D eigenvalue weighted by molar-refractivity contribution is -0.141. The van der Waals surface area contributed by atoms with Crippen molar-refractivity contribution >= 4 is 36.4 Å². The molecule has 1 aliphatic heterocycles. The summed E-state index contributed by atoms with van der Waals surface area (Å²) in [6, 6.07) is 13.6. The molecule has 0 bridgehead atoms. The number of halogens is 1. The number of carbonyl (C=O) groups is 2. The molecular formula is C27H34ClNO3P+. The molecule has 0 atom stereocenters. The van der Waals surface area contributed by atoms with Crippen LogP contribution in [0, 0.1) is 13.8 Å². The number of nitrogens with one attached hydrogen (secondary N) is 1. The van der Waals surface area contributed by atoms with E-state index < -0.39 is 7.26 Å². The third-order valence-corrected chi connectivity index (χ3v) is 13.3. The smallest absolute Gasteiger partial charge is 0.344 e. The Balaban J connectivity index is 1.54. The topological polar surface area (TPSA) is 55.4 Å². The Morgan fingerprint density at radius 2 is 1.61 bits per heavy atom. The Hall–Kier alpha value is -1.90. The summed E-state index contributed by atoms with van der Waals surface area (Å²) in [6.45, 7) is 4.25. The fourth-order valence-corrected chi connectivity index (χ4v) is 11.3. The first kappa shape index (κ1) is 24.2. The van der Waals surface area contributed by atoms with Crippen LogP contribution in [0.1, 0.15) is 55.2 Å². The normalized spacial score (nSPS) is 18.8. The predicted octanol–water partition coefficient (Wildman–Crippen LogP) is 6.76. The van der Waals surface area contributed by atoms with Gasteiger partial charge in [0.05, 0.1) is 12.3 Å². The lowest BCUT2D eigenvalue weighted by Gasteiger charge is -2.33. The molecule has 0 unspecified atom stereocenters. The van der Waals surface area contributed by atoms with E-state index in [9.17, 15) is 9.59 Å². The number of rotatable bonds is 7. The first-order chi connectivity index (χ1) is 15.9. The number of esters is 1. The zero-order valence-corrected chi connectivity index (χ0v) is 21.3. The molecule has 0 spiro atoms. The van der Waals surface area contributed by atoms with Gasteiger partial charge in [0.2, 0.25) is 0 Å². The SMILES string of the molecule is Cc1cc(Cl)cc(C)c1NC(=O)C1([P+]2(CC(=O)OCc3ccccc3)CCCCCC2)CC1. The first-order valence-electron chi connectivity index (χ1n) is 12.0. The molecule has 1 saturated carbocycles. The van der Waals surface area contributed by atoms with Gasteiger partial charge in [-0.3, -0.25) is 4.79 Å². The van der Waals surface area contributed by atoms with Crippen LogP contribution in [-0.4, -0.2) is 35.5 Å². The number of anilines is 1. The van der Waals surface area contributed by atoms with E-state index in [2.05, 4.69) is 5.32 Å². The first-order valence-corrected chi connectivity index (χ1v) is 14.7. The van der Waals surface area contributed by atoms with Crippen molar-refractivity contribution in [2.75, 3.05) is 23.8 Å². The Kier molecular flexibility index (Phi) is 7.46. The Morgan fingerprint density at radius 1 is 1.00 bits per heavy atom. The number of ether oxygens (including phenoxy) is 1. The van der Waals surface area contributed by atoms with Gasteiger partial charge in [0.1, 0.15) is 6.61 Å². The highest BCUT2D eigenvalue weighted by Crippen LogP contribution is 2.79. The monoisotopic (exact) mass is 486 g/mol. The lowest BCUT2D eigenvalue weighted by Crippen LogP contribution is -2.37. The van der Waals surface area contributed by atoms with E-state index in [0.29, 0.717) is 17.8 Å². The van der Waals surface area contributed by atoms with Crippen LogP contribution in [0.3, 0.4) is 0 Å². The molecule has 2 aromatic carbocycles. The van der Waals surface area contributed by atoms with Crippen molar-refractivity contribution in [3.63, 3.8) is 0 Å². The molecule has 0 aromatic heterocycles. The molecule has 6 heteroatoms. The third-order valence-electron chi connectivity index (χ3n) is 7.39. The molecule has 1 amide bonds. The summed E-state index contributed by atoms with van der Waals surface area (Å²) in [6.07, 6.45) is 8.79. The van der Waals surface area contributed by atoms with Crippen molar-refractivity contribution in [2.45, 2.75) is 64.1 Å². The third kappa shape index (κ3) is 5.28. The highest BCUT2D eigenvalue weighted by atomic mass is 35.5. The van der Waals surface area contributed by atoms with Crippen LogP contribution >= 0.6 is 18.9 Å². The molecule has 2 aliphatic rings. The zero-order chi connectivity index (χ0) is 23.5. The number of hydrogen-bond acceptors (Lipinski definition) is 3. The summed E-state index contributed by atoms with van der Waals surface area (Å²) >= 11 is 6.20. The maximum atomic E-state index is 13.8. The molecular weight excluding hydrogens is 453 g/mol. The molecule has 4 rings (SSSR count). The molecule has 1 aliphatic carbocycles. The van der Waals surface area contributed by atoms with Crippen molar-refractivity contribution in [2.24, 2.45) is 0 Å². The van der Waals surface area contributed by atoms with Gasteiger partial charge in [-0.05, 0) is 68.4 Å². The van der Waals surface area contributed by atoms with Gasteiger partial charge in [0.25, 0.3) is 5.91 Å². The Bertz CT molecular complexity index is 988.